The van der Waals surface area contributed by atoms with Gasteiger partial charge in [-0.1, -0.05) is 38.1 Å². The average molecular weight is 354 g/mol. The molecule has 0 aliphatic carbocycles. The van der Waals surface area contributed by atoms with Gasteiger partial charge in [-0.05, 0) is 35.7 Å². The zero-order valence-corrected chi connectivity index (χ0v) is 15.1. The fourth-order valence-electron chi connectivity index (χ4n) is 2.14. The Morgan fingerprint density at radius 3 is 2.46 bits per heavy atom. The highest BCUT2D eigenvalue weighted by Crippen LogP contribution is 2.18. The predicted octanol–water partition coefficient (Wildman–Crippen LogP) is 3.26. The molecule has 0 heterocycles. The zero-order valence-electron chi connectivity index (χ0n) is 15.1. The van der Waals surface area contributed by atoms with Crippen LogP contribution >= 0.6 is 0 Å². The summed E-state index contributed by atoms with van der Waals surface area (Å²) in [5, 5.41) is 3.86. The summed E-state index contributed by atoms with van der Waals surface area (Å²) >= 11 is 0. The molecule has 26 heavy (non-hydrogen) atoms. The number of hydrogen-bond donors (Lipinski definition) is 1. The minimum atomic E-state index is -0.424. The van der Waals surface area contributed by atoms with E-state index in [4.69, 9.17) is 9.47 Å². The fraction of sp³-hybridized carbons (Fsp3) is 0.250. The van der Waals surface area contributed by atoms with Gasteiger partial charge in [0.05, 0.1) is 6.21 Å². The molecule has 0 aliphatic heterocycles. The van der Waals surface area contributed by atoms with Gasteiger partial charge in [0.2, 0.25) is 0 Å². The molecule has 0 bridgehead atoms. The number of hydrogen-bond acceptors (Lipinski definition) is 5. The number of ether oxygens (including phenoxy) is 2. The van der Waals surface area contributed by atoms with E-state index in [9.17, 15) is 9.59 Å². The summed E-state index contributed by atoms with van der Waals surface area (Å²) in [6, 6.07) is 14.5. The van der Waals surface area contributed by atoms with Gasteiger partial charge in [-0.3, -0.25) is 9.59 Å². The van der Waals surface area contributed by atoms with Gasteiger partial charge in [-0.15, -0.1) is 0 Å². The smallest absolute Gasteiger partial charge is 0.308 e. The maximum atomic E-state index is 11.8. The lowest BCUT2D eigenvalue weighted by Crippen LogP contribution is -2.24. The number of para-hydroxylation sites is 1. The van der Waals surface area contributed by atoms with Gasteiger partial charge >= 0.3 is 5.97 Å². The fourth-order valence-corrected chi connectivity index (χ4v) is 2.14. The Labute approximate surface area is 152 Å². The molecule has 2 aromatic carbocycles. The Balaban J connectivity index is 1.85. The largest absolute Gasteiger partial charge is 0.484 e. The van der Waals surface area contributed by atoms with E-state index in [1.807, 2.05) is 24.3 Å². The number of hydrazone groups is 1. The first kappa shape index (κ1) is 19.2. The van der Waals surface area contributed by atoms with Crippen LogP contribution in [0.25, 0.3) is 0 Å². The van der Waals surface area contributed by atoms with E-state index in [1.165, 1.54) is 18.7 Å². The molecular weight excluding hydrogens is 332 g/mol. The van der Waals surface area contributed by atoms with Crippen molar-refractivity contribution in [1.82, 2.24) is 5.43 Å². The number of nitrogens with zero attached hydrogens (tertiary/aromatic N) is 1. The average Bonchev–Trinajstić information content (AvgIpc) is 2.61. The van der Waals surface area contributed by atoms with E-state index in [0.717, 1.165) is 0 Å². The van der Waals surface area contributed by atoms with Crippen LogP contribution in [0.2, 0.25) is 0 Å². The van der Waals surface area contributed by atoms with Crippen molar-refractivity contribution < 1.29 is 19.1 Å². The van der Waals surface area contributed by atoms with Gasteiger partial charge in [0.15, 0.2) is 6.61 Å². The van der Waals surface area contributed by atoms with Crippen molar-refractivity contribution in [2.24, 2.45) is 5.10 Å². The summed E-state index contributed by atoms with van der Waals surface area (Å²) in [4.78, 5) is 22.9. The van der Waals surface area contributed by atoms with Gasteiger partial charge in [0.1, 0.15) is 11.5 Å². The second kappa shape index (κ2) is 9.36. The molecule has 1 amide bonds. The summed E-state index contributed by atoms with van der Waals surface area (Å²) in [5.41, 5.74) is 4.16. The highest BCUT2D eigenvalue weighted by atomic mass is 16.5. The summed E-state index contributed by atoms with van der Waals surface area (Å²) in [7, 11) is 0. The van der Waals surface area contributed by atoms with E-state index in [2.05, 4.69) is 24.4 Å². The zero-order chi connectivity index (χ0) is 18.9. The Hall–Kier alpha value is -3.15. The normalized spacial score (nSPS) is 10.8. The van der Waals surface area contributed by atoms with Gasteiger partial charge in [-0.25, -0.2) is 5.43 Å². The van der Waals surface area contributed by atoms with Gasteiger partial charge in [0.25, 0.3) is 5.91 Å². The van der Waals surface area contributed by atoms with E-state index in [-0.39, 0.29) is 12.5 Å². The van der Waals surface area contributed by atoms with Crippen LogP contribution in [0.5, 0.6) is 11.5 Å². The molecule has 1 N–H and O–H groups in total. The van der Waals surface area contributed by atoms with Crippen molar-refractivity contribution in [2.45, 2.75) is 26.7 Å². The molecule has 0 aliphatic rings. The minimum absolute atomic E-state index is 0.149. The topological polar surface area (TPSA) is 77.0 Å². The second-order valence-corrected chi connectivity index (χ2v) is 5.94. The lowest BCUT2D eigenvalue weighted by Gasteiger charge is -2.08. The van der Waals surface area contributed by atoms with Crippen molar-refractivity contribution in [3.8, 4) is 11.5 Å². The monoisotopic (exact) mass is 354 g/mol. The maximum absolute atomic E-state index is 11.8. The third-order valence-corrected chi connectivity index (χ3v) is 3.48. The van der Waals surface area contributed by atoms with Gasteiger partial charge in [-0.2, -0.15) is 5.10 Å². The van der Waals surface area contributed by atoms with Crippen molar-refractivity contribution in [1.29, 1.82) is 0 Å². The summed E-state index contributed by atoms with van der Waals surface area (Å²) in [5.74, 6) is 0.621. The van der Waals surface area contributed by atoms with Gasteiger partial charge < -0.3 is 9.47 Å². The number of amides is 1. The first-order chi connectivity index (χ1) is 12.5. The number of carbonyl (C=O) groups excluding carboxylic acids is 2. The molecule has 0 aromatic heterocycles. The van der Waals surface area contributed by atoms with Crippen molar-refractivity contribution in [2.75, 3.05) is 6.61 Å². The first-order valence-corrected chi connectivity index (χ1v) is 8.28. The van der Waals surface area contributed by atoms with E-state index in [0.29, 0.717) is 23.0 Å². The molecule has 0 spiro atoms. The molecule has 6 nitrogen and oxygen atoms in total. The van der Waals surface area contributed by atoms with Crippen LogP contribution in [-0.2, 0) is 9.59 Å². The van der Waals surface area contributed by atoms with Gasteiger partial charge in [0, 0.05) is 12.5 Å². The summed E-state index contributed by atoms with van der Waals surface area (Å²) in [6.45, 7) is 5.40. The lowest BCUT2D eigenvalue weighted by atomic mass is 10.0. The molecule has 0 atom stereocenters. The highest BCUT2D eigenvalue weighted by Gasteiger charge is 2.05. The quantitative estimate of drug-likeness (QED) is 0.358. The molecule has 0 fully saturated rings. The molecule has 6 heteroatoms. The van der Waals surface area contributed by atoms with Crippen LogP contribution in [-0.4, -0.2) is 24.7 Å². The molecule has 2 rings (SSSR count). The molecule has 0 radical (unpaired) electrons. The third kappa shape index (κ3) is 6.05. The van der Waals surface area contributed by atoms with Crippen LogP contribution in [0.15, 0.2) is 53.6 Å². The van der Waals surface area contributed by atoms with Crippen LogP contribution in [0.1, 0.15) is 37.8 Å². The summed E-state index contributed by atoms with van der Waals surface area (Å²) < 4.78 is 10.5. The molecule has 0 unspecified atom stereocenters. The predicted molar refractivity (Wildman–Crippen MR) is 99.5 cm³/mol. The number of carbonyl (C=O) groups is 2. The molecule has 0 saturated heterocycles. The summed E-state index contributed by atoms with van der Waals surface area (Å²) in [6.07, 6.45) is 1.41. The standard InChI is InChI=1S/C20H22N2O4/c1-14(2)16-8-10-18(11-9-16)25-13-20(24)22-21-12-17-6-4-5-7-19(17)26-15(3)23/h4-12,14H,13H2,1-3H3,(H,22,24). The number of rotatable bonds is 7. The van der Waals surface area contributed by atoms with E-state index < -0.39 is 5.97 Å². The Morgan fingerprint density at radius 2 is 1.81 bits per heavy atom. The van der Waals surface area contributed by atoms with Crippen LogP contribution in [0.3, 0.4) is 0 Å². The molecule has 0 saturated carbocycles. The highest BCUT2D eigenvalue weighted by molar-refractivity contribution is 5.86. The molecule has 136 valence electrons. The number of nitrogens with one attached hydrogen (secondary N) is 1. The second-order valence-electron chi connectivity index (χ2n) is 5.94. The van der Waals surface area contributed by atoms with E-state index >= 15 is 0 Å². The van der Waals surface area contributed by atoms with Crippen molar-refractivity contribution in [3.63, 3.8) is 0 Å². The Kier molecular flexibility index (Phi) is 6.91. The SMILES string of the molecule is CC(=O)Oc1ccccc1C=NNC(=O)COc1ccc(C(C)C)cc1. The minimum Gasteiger partial charge on any atom is -0.484 e. The molecule has 2 aromatic rings. The Bertz CT molecular complexity index is 783. The number of benzene rings is 2. The Morgan fingerprint density at radius 1 is 1.12 bits per heavy atom. The van der Waals surface area contributed by atoms with Crippen LogP contribution in [0, 0.1) is 0 Å². The van der Waals surface area contributed by atoms with Crippen LogP contribution in [0.4, 0.5) is 0 Å². The van der Waals surface area contributed by atoms with Crippen LogP contribution < -0.4 is 14.9 Å². The van der Waals surface area contributed by atoms with E-state index in [1.54, 1.807) is 24.3 Å². The lowest BCUT2D eigenvalue weighted by molar-refractivity contribution is -0.132. The van der Waals surface area contributed by atoms with Crippen molar-refractivity contribution in [3.05, 3.63) is 59.7 Å². The first-order valence-electron chi connectivity index (χ1n) is 8.28. The van der Waals surface area contributed by atoms with Crippen molar-refractivity contribution >= 4 is 18.1 Å². The number of esters is 1. The third-order valence-electron chi connectivity index (χ3n) is 3.48. The molecular formula is C20H22N2O4. The maximum Gasteiger partial charge on any atom is 0.308 e.